The number of hydrogen-bond donors (Lipinski definition) is 2. The molecule has 0 atom stereocenters. The van der Waals surface area contributed by atoms with Crippen molar-refractivity contribution in [3.8, 4) is 0 Å². The summed E-state index contributed by atoms with van der Waals surface area (Å²) >= 11 is 0. The Labute approximate surface area is 116 Å². The third kappa shape index (κ3) is 5.75. The molecule has 0 spiro atoms. The van der Waals surface area contributed by atoms with E-state index in [1.165, 1.54) is 0 Å². The fourth-order valence-electron chi connectivity index (χ4n) is 1.93. The van der Waals surface area contributed by atoms with Crippen molar-refractivity contribution in [2.45, 2.75) is 33.7 Å². The Kier molecular flexibility index (Phi) is 5.83. The van der Waals surface area contributed by atoms with E-state index in [0.29, 0.717) is 24.2 Å². The number of benzene rings is 1. The van der Waals surface area contributed by atoms with Crippen molar-refractivity contribution >= 4 is 17.3 Å². The molecule has 1 rings (SSSR count). The molecule has 0 radical (unpaired) electrons. The van der Waals surface area contributed by atoms with E-state index >= 15 is 0 Å². The highest BCUT2D eigenvalue weighted by Gasteiger charge is 2.15. The van der Waals surface area contributed by atoms with E-state index in [9.17, 15) is 4.79 Å². The van der Waals surface area contributed by atoms with Crippen LogP contribution in [0.1, 0.15) is 27.7 Å². The van der Waals surface area contributed by atoms with Gasteiger partial charge in [0.2, 0.25) is 5.91 Å². The van der Waals surface area contributed by atoms with Crippen LogP contribution in [0.15, 0.2) is 24.3 Å². The summed E-state index contributed by atoms with van der Waals surface area (Å²) < 4.78 is 0. The largest absolute Gasteiger partial charge is 0.399 e. The number of nitrogens with two attached hydrogens (primary N) is 1. The zero-order valence-electron chi connectivity index (χ0n) is 12.3. The Morgan fingerprint density at radius 3 is 2.53 bits per heavy atom. The van der Waals surface area contributed by atoms with E-state index in [-0.39, 0.29) is 5.91 Å². The minimum Gasteiger partial charge on any atom is -0.399 e. The van der Waals surface area contributed by atoms with Crippen LogP contribution in [0.2, 0.25) is 0 Å². The second kappa shape index (κ2) is 7.14. The van der Waals surface area contributed by atoms with Crippen LogP contribution in [0.4, 0.5) is 11.4 Å². The van der Waals surface area contributed by atoms with Crippen LogP contribution in [0, 0.1) is 5.92 Å². The minimum atomic E-state index is -0.0000463. The van der Waals surface area contributed by atoms with Crippen molar-refractivity contribution in [1.29, 1.82) is 0 Å². The molecule has 1 aromatic rings. The first-order valence-corrected chi connectivity index (χ1v) is 6.78. The average Bonchev–Trinajstić information content (AvgIpc) is 2.27. The lowest BCUT2D eigenvalue weighted by atomic mass is 10.2. The summed E-state index contributed by atoms with van der Waals surface area (Å²) in [6.07, 6.45) is 0. The monoisotopic (exact) mass is 263 g/mol. The summed E-state index contributed by atoms with van der Waals surface area (Å²) in [5.41, 5.74) is 7.09. The van der Waals surface area contributed by atoms with Crippen molar-refractivity contribution in [2.24, 2.45) is 5.92 Å². The highest BCUT2D eigenvalue weighted by molar-refractivity contribution is 5.92. The number of carbonyl (C=O) groups is 1. The highest BCUT2D eigenvalue weighted by atomic mass is 16.2. The number of carbonyl (C=O) groups excluding carboxylic acids is 1. The van der Waals surface area contributed by atoms with Crippen LogP contribution >= 0.6 is 0 Å². The van der Waals surface area contributed by atoms with Crippen LogP contribution in [-0.2, 0) is 4.79 Å². The lowest BCUT2D eigenvalue weighted by molar-refractivity contribution is -0.117. The number of nitrogens with one attached hydrogen (secondary N) is 1. The Morgan fingerprint density at radius 1 is 1.32 bits per heavy atom. The molecule has 106 valence electrons. The lowest BCUT2D eigenvalue weighted by Crippen LogP contribution is -2.40. The van der Waals surface area contributed by atoms with Crippen molar-refractivity contribution in [3.63, 3.8) is 0 Å². The molecular weight excluding hydrogens is 238 g/mol. The molecule has 4 nitrogen and oxygen atoms in total. The predicted octanol–water partition coefficient (Wildman–Crippen LogP) is 2.57. The summed E-state index contributed by atoms with van der Waals surface area (Å²) in [7, 11) is 0. The van der Waals surface area contributed by atoms with Crippen LogP contribution < -0.4 is 11.1 Å². The number of nitrogen functional groups attached to an aromatic ring is 1. The van der Waals surface area contributed by atoms with Crippen molar-refractivity contribution in [2.75, 3.05) is 24.1 Å². The first-order chi connectivity index (χ1) is 8.88. The number of rotatable bonds is 6. The Balaban J connectivity index is 2.57. The van der Waals surface area contributed by atoms with Gasteiger partial charge in [0.05, 0.1) is 6.54 Å². The molecule has 0 aromatic heterocycles. The van der Waals surface area contributed by atoms with E-state index in [1.807, 2.05) is 12.1 Å². The van der Waals surface area contributed by atoms with Gasteiger partial charge in [0.1, 0.15) is 0 Å². The highest BCUT2D eigenvalue weighted by Crippen LogP contribution is 2.12. The molecule has 0 saturated heterocycles. The third-order valence-electron chi connectivity index (χ3n) is 2.85. The number of amides is 1. The normalized spacial score (nSPS) is 11.3. The van der Waals surface area contributed by atoms with Gasteiger partial charge in [-0.2, -0.15) is 0 Å². The van der Waals surface area contributed by atoms with Gasteiger partial charge in [-0.3, -0.25) is 9.69 Å². The fourth-order valence-corrected chi connectivity index (χ4v) is 1.93. The SMILES string of the molecule is CC(C)CN(CC(=O)Nc1cccc(N)c1)C(C)C. The summed E-state index contributed by atoms with van der Waals surface area (Å²) in [5.74, 6) is 0.544. The average molecular weight is 263 g/mol. The predicted molar refractivity (Wildman–Crippen MR) is 81.0 cm³/mol. The van der Waals surface area contributed by atoms with Crippen molar-refractivity contribution in [1.82, 2.24) is 4.90 Å². The molecule has 1 amide bonds. The second-order valence-corrected chi connectivity index (χ2v) is 5.59. The number of hydrogen-bond acceptors (Lipinski definition) is 3. The minimum absolute atomic E-state index is 0.0000463. The quantitative estimate of drug-likeness (QED) is 0.776. The molecular formula is C15H25N3O. The molecule has 0 bridgehead atoms. The molecule has 0 saturated carbocycles. The molecule has 4 heteroatoms. The molecule has 0 heterocycles. The fraction of sp³-hybridized carbons (Fsp3) is 0.533. The van der Waals surface area contributed by atoms with Gasteiger partial charge in [0, 0.05) is 24.0 Å². The summed E-state index contributed by atoms with van der Waals surface area (Å²) in [6.45, 7) is 9.86. The molecule has 0 fully saturated rings. The maximum Gasteiger partial charge on any atom is 0.238 e. The molecule has 3 N–H and O–H groups in total. The molecule has 0 unspecified atom stereocenters. The second-order valence-electron chi connectivity index (χ2n) is 5.59. The standard InChI is InChI=1S/C15H25N3O/c1-11(2)9-18(12(3)4)10-15(19)17-14-7-5-6-13(16)8-14/h5-8,11-12H,9-10,16H2,1-4H3,(H,17,19). The maximum atomic E-state index is 12.0. The Bertz CT molecular complexity index is 416. The molecule has 0 aliphatic heterocycles. The van der Waals surface area contributed by atoms with E-state index in [1.54, 1.807) is 12.1 Å². The number of nitrogens with zero attached hydrogens (tertiary/aromatic N) is 1. The van der Waals surface area contributed by atoms with Crippen LogP contribution in [0.5, 0.6) is 0 Å². The summed E-state index contributed by atoms with van der Waals surface area (Å²) in [6, 6.07) is 7.60. The first-order valence-electron chi connectivity index (χ1n) is 6.78. The molecule has 0 aliphatic carbocycles. The smallest absolute Gasteiger partial charge is 0.238 e. The Morgan fingerprint density at radius 2 is 2.00 bits per heavy atom. The zero-order chi connectivity index (χ0) is 14.4. The summed E-state index contributed by atoms with van der Waals surface area (Å²) in [4.78, 5) is 14.2. The van der Waals surface area contributed by atoms with E-state index < -0.39 is 0 Å². The van der Waals surface area contributed by atoms with Gasteiger partial charge in [-0.25, -0.2) is 0 Å². The Hall–Kier alpha value is -1.55. The first kappa shape index (κ1) is 15.5. The maximum absolute atomic E-state index is 12.0. The topological polar surface area (TPSA) is 58.4 Å². The van der Waals surface area contributed by atoms with Crippen LogP contribution in [-0.4, -0.2) is 29.9 Å². The molecule has 1 aromatic carbocycles. The van der Waals surface area contributed by atoms with Gasteiger partial charge in [-0.15, -0.1) is 0 Å². The van der Waals surface area contributed by atoms with Crippen LogP contribution in [0.3, 0.4) is 0 Å². The van der Waals surface area contributed by atoms with E-state index in [4.69, 9.17) is 5.73 Å². The van der Waals surface area contributed by atoms with Gasteiger partial charge < -0.3 is 11.1 Å². The van der Waals surface area contributed by atoms with Crippen molar-refractivity contribution < 1.29 is 4.79 Å². The van der Waals surface area contributed by atoms with Crippen molar-refractivity contribution in [3.05, 3.63) is 24.3 Å². The third-order valence-corrected chi connectivity index (χ3v) is 2.85. The van der Waals surface area contributed by atoms with Gasteiger partial charge in [-0.05, 0) is 38.0 Å². The van der Waals surface area contributed by atoms with Gasteiger partial charge in [0.15, 0.2) is 0 Å². The van der Waals surface area contributed by atoms with Gasteiger partial charge in [0.25, 0.3) is 0 Å². The number of anilines is 2. The van der Waals surface area contributed by atoms with Crippen LogP contribution in [0.25, 0.3) is 0 Å². The van der Waals surface area contributed by atoms with E-state index in [2.05, 4.69) is 37.9 Å². The molecule has 0 aliphatic rings. The van der Waals surface area contributed by atoms with Gasteiger partial charge >= 0.3 is 0 Å². The van der Waals surface area contributed by atoms with E-state index in [0.717, 1.165) is 12.2 Å². The summed E-state index contributed by atoms with van der Waals surface area (Å²) in [5, 5.41) is 2.88. The van der Waals surface area contributed by atoms with Gasteiger partial charge in [-0.1, -0.05) is 19.9 Å². The lowest BCUT2D eigenvalue weighted by Gasteiger charge is -2.27. The zero-order valence-corrected chi connectivity index (χ0v) is 12.3. The molecule has 19 heavy (non-hydrogen) atoms.